The first-order valence-electron chi connectivity index (χ1n) is 0. The van der Waals surface area contributed by atoms with Crippen molar-refractivity contribution in [2.45, 2.75) is 0 Å². The summed E-state index contributed by atoms with van der Waals surface area (Å²) in [4.78, 5) is 0. The van der Waals surface area contributed by atoms with E-state index in [1.807, 2.05) is 0 Å². The van der Waals surface area contributed by atoms with Crippen LogP contribution < -0.4 is 37.2 Å². The maximum Gasteiger partial charge on any atom is 3.00 e. The zero-order valence-electron chi connectivity index (χ0n) is 2.21. The molecule has 0 radical (unpaired) electrons. The topological polar surface area (TPSA) is 0 Å². The second-order valence-electron chi connectivity index (χ2n) is 0. The minimum atomic E-state index is 0. The summed E-state index contributed by atoms with van der Waals surface area (Å²) in [6.45, 7) is 0. The van der Waals surface area contributed by atoms with Gasteiger partial charge in [0.05, 0.1) is 0 Å². The quantitative estimate of drug-likeness (QED) is 0.326. The van der Waals surface area contributed by atoms with Crippen LogP contribution in [0.5, 0.6) is 0 Å². The maximum absolute atomic E-state index is 0. The molecule has 0 N–H and O–H groups in total. The molecule has 0 aliphatic heterocycles. The molecule has 0 aromatic carbocycles. The van der Waals surface area contributed by atoms with Gasteiger partial charge in [0.1, 0.15) is 0 Å². The Labute approximate surface area is 75.7 Å². The van der Waals surface area contributed by atoms with E-state index in [-0.39, 0.29) is 76.3 Å². The van der Waals surface area contributed by atoms with Crippen LogP contribution in [0.25, 0.3) is 0 Å². The van der Waals surface area contributed by atoms with Crippen molar-refractivity contribution in [3.63, 3.8) is 0 Å². The minimum Gasteiger partial charge on any atom is -1.00 e. The molecular weight excluding hydrogens is 181 g/mol. The van der Waals surface area contributed by atoms with Gasteiger partial charge >= 0.3 is 39.1 Å². The van der Waals surface area contributed by atoms with Crippen LogP contribution in [0.15, 0.2) is 0 Å². The van der Waals surface area contributed by atoms with Crippen LogP contribution in [0.4, 0.5) is 0 Å². The van der Waals surface area contributed by atoms with Crippen molar-refractivity contribution in [2.24, 2.45) is 0 Å². The summed E-state index contributed by atoms with van der Waals surface area (Å²) in [6.07, 6.45) is 0. The van der Waals surface area contributed by atoms with Crippen molar-refractivity contribution in [1.82, 2.24) is 0 Å². The van der Waals surface area contributed by atoms with Crippen molar-refractivity contribution in [3.8, 4) is 0 Å². The van der Waals surface area contributed by atoms with Crippen molar-refractivity contribution in [3.05, 3.63) is 0 Å². The Balaban J connectivity index is 0. The Hall–Kier alpha value is 2.12. The number of hydrogen-bond donors (Lipinski definition) is 0. The van der Waals surface area contributed by atoms with Crippen LogP contribution in [0.2, 0.25) is 0 Å². The van der Waals surface area contributed by atoms with Crippen LogP contribution in [-0.4, -0.2) is 17.4 Å². The second kappa shape index (κ2) is 35.7. The van der Waals surface area contributed by atoms with E-state index in [1.165, 1.54) is 0 Å². The van der Waals surface area contributed by atoms with Gasteiger partial charge < -0.3 is 37.2 Å². The van der Waals surface area contributed by atoms with E-state index in [0.717, 1.165) is 0 Å². The second-order valence-corrected chi connectivity index (χ2v) is 0. The van der Waals surface area contributed by atoms with E-state index in [2.05, 4.69) is 0 Å². The molecule has 0 fully saturated rings. The van der Waals surface area contributed by atoms with E-state index >= 15 is 0 Å². The van der Waals surface area contributed by atoms with Crippen molar-refractivity contribution in [1.29, 1.82) is 0 Å². The van der Waals surface area contributed by atoms with E-state index < -0.39 is 0 Å². The van der Waals surface area contributed by atoms with Gasteiger partial charge in [-0.05, 0) is 0 Å². The fourth-order valence-corrected chi connectivity index (χ4v) is 0. The summed E-state index contributed by atoms with van der Waals surface area (Å²) in [7, 11) is 0. The predicted molar refractivity (Wildman–Crippen MR) is 5.75 cm³/mol. The molecule has 0 atom stereocenters. The first-order valence-corrected chi connectivity index (χ1v) is 0. The van der Waals surface area contributed by atoms with Gasteiger partial charge in [0.2, 0.25) is 0 Å². The average Bonchev–Trinajstić information content (AvgIpc) is 0. The van der Waals surface area contributed by atoms with E-state index in [4.69, 9.17) is 0 Å². The zero-order valence-corrected chi connectivity index (χ0v) is 7.20. The Kier molecular flexibility index (Phi) is 425. The third-order valence-electron chi connectivity index (χ3n) is 0. The van der Waals surface area contributed by atoms with Crippen LogP contribution >= 0.6 is 0 Å². The summed E-state index contributed by atoms with van der Waals surface area (Å²) in [6, 6.07) is 0. The monoisotopic (exact) mass is 180 g/mol. The summed E-state index contributed by atoms with van der Waals surface area (Å²) in [5, 5.41) is 0. The average molecular weight is 181 g/mol. The van der Waals surface area contributed by atoms with Crippen LogP contribution in [-0.2, 0) is 21.7 Å². The van der Waals surface area contributed by atoms with Gasteiger partial charge in [0.25, 0.3) is 0 Å². The molecular formula is AlCl3Ti+2. The predicted octanol–water partition coefficient (Wildman–Crippen LogP) is -9.37. The van der Waals surface area contributed by atoms with Gasteiger partial charge in [-0.2, -0.15) is 0 Å². The van der Waals surface area contributed by atoms with Gasteiger partial charge in [-0.15, -0.1) is 0 Å². The smallest absolute Gasteiger partial charge is 1.00 e. The molecule has 0 aliphatic rings. The van der Waals surface area contributed by atoms with E-state index in [1.54, 1.807) is 0 Å². The number of halogens is 3. The number of hydrogen-bond acceptors (Lipinski definition) is 0. The van der Waals surface area contributed by atoms with Crippen LogP contribution in [0.1, 0.15) is 0 Å². The molecule has 0 amide bonds. The first kappa shape index (κ1) is 59.4. The fourth-order valence-electron chi connectivity index (χ4n) is 0. The maximum atomic E-state index is 0. The molecule has 0 heterocycles. The molecule has 0 rings (SSSR count). The molecule has 5 heteroatoms. The van der Waals surface area contributed by atoms with Crippen molar-refractivity contribution >= 4 is 17.4 Å². The summed E-state index contributed by atoms with van der Waals surface area (Å²) >= 11 is 0. The van der Waals surface area contributed by atoms with Crippen LogP contribution in [0, 0.1) is 0 Å². The van der Waals surface area contributed by atoms with Gasteiger partial charge in [-0.25, -0.2) is 0 Å². The molecule has 26 valence electrons. The van der Waals surface area contributed by atoms with Crippen molar-refractivity contribution < 1.29 is 58.9 Å². The van der Waals surface area contributed by atoms with Gasteiger partial charge in [-0.1, -0.05) is 0 Å². The Morgan fingerprint density at radius 3 is 0.600 bits per heavy atom. The largest absolute Gasteiger partial charge is 3.00 e. The first-order chi connectivity index (χ1) is 0. The van der Waals surface area contributed by atoms with Crippen LogP contribution in [0.3, 0.4) is 0 Å². The molecule has 0 saturated heterocycles. The molecule has 0 aliphatic carbocycles. The Bertz CT molecular complexity index is 6.85. The molecule has 0 spiro atoms. The SMILES string of the molecule is [Al+3].[Cl-].[Cl-].[Cl-].[Ti+2]. The third-order valence-corrected chi connectivity index (χ3v) is 0. The van der Waals surface area contributed by atoms with Gasteiger partial charge in [0.15, 0.2) is 0 Å². The number of rotatable bonds is 0. The summed E-state index contributed by atoms with van der Waals surface area (Å²) < 4.78 is 0. The molecule has 0 bridgehead atoms. The Morgan fingerprint density at radius 1 is 0.600 bits per heavy atom. The summed E-state index contributed by atoms with van der Waals surface area (Å²) in [5.74, 6) is 0. The molecule has 0 saturated carbocycles. The summed E-state index contributed by atoms with van der Waals surface area (Å²) in [5.41, 5.74) is 0. The van der Waals surface area contributed by atoms with E-state index in [0.29, 0.717) is 0 Å². The van der Waals surface area contributed by atoms with Crippen molar-refractivity contribution in [2.75, 3.05) is 0 Å². The molecule has 0 aromatic rings. The van der Waals surface area contributed by atoms with Gasteiger partial charge in [0, 0.05) is 0 Å². The minimum absolute atomic E-state index is 0. The third kappa shape index (κ3) is 23.1. The standard InChI is InChI=1S/Al.3ClH.Ti/h;3*1H;/q+3;;;;+2/p-3. The molecule has 0 unspecified atom stereocenters. The molecule has 0 nitrogen and oxygen atoms in total. The molecule has 5 heavy (non-hydrogen) atoms. The molecule has 0 aromatic heterocycles. The van der Waals surface area contributed by atoms with Gasteiger partial charge in [-0.3, -0.25) is 0 Å². The van der Waals surface area contributed by atoms with E-state index in [9.17, 15) is 0 Å². The zero-order chi connectivity index (χ0) is 0. The normalized spacial score (nSPS) is 0. The Morgan fingerprint density at radius 2 is 0.600 bits per heavy atom. The fraction of sp³-hybridized carbons (Fsp3) is 0.